The second-order valence-corrected chi connectivity index (χ2v) is 5.35. The Balaban J connectivity index is 2.13. The molecule has 102 valence electrons. The first-order valence-corrected chi connectivity index (χ1v) is 7.00. The molecule has 0 aliphatic carbocycles. The monoisotopic (exact) mass is 278 g/mol. The van der Waals surface area contributed by atoms with Crippen LogP contribution in [0.15, 0.2) is 29.8 Å². The van der Waals surface area contributed by atoms with E-state index in [4.69, 9.17) is 15.2 Å². The Morgan fingerprint density at radius 3 is 2.89 bits per heavy atom. The molecule has 0 aliphatic heterocycles. The van der Waals surface area contributed by atoms with Crippen LogP contribution >= 0.6 is 11.3 Å². The van der Waals surface area contributed by atoms with Gasteiger partial charge in [-0.05, 0) is 37.1 Å². The molecule has 2 aromatic rings. The van der Waals surface area contributed by atoms with Crippen molar-refractivity contribution < 1.29 is 9.47 Å². The minimum atomic E-state index is 0.0781. The number of ether oxygens (including phenoxy) is 2. The van der Waals surface area contributed by atoms with E-state index in [1.54, 1.807) is 24.6 Å². The molecule has 1 aromatic heterocycles. The maximum atomic E-state index is 5.87. The number of hydrogen-bond donors (Lipinski definition) is 1. The van der Waals surface area contributed by atoms with Crippen LogP contribution in [-0.4, -0.2) is 18.1 Å². The first kappa shape index (κ1) is 13.8. The van der Waals surface area contributed by atoms with Crippen molar-refractivity contribution >= 4 is 11.3 Å². The lowest BCUT2D eigenvalue weighted by Gasteiger charge is -2.13. The third-order valence-electron chi connectivity index (χ3n) is 2.64. The average molecular weight is 278 g/mol. The molecule has 0 fully saturated rings. The van der Waals surface area contributed by atoms with Gasteiger partial charge in [-0.25, -0.2) is 4.98 Å². The van der Waals surface area contributed by atoms with Crippen LogP contribution in [0, 0.1) is 0 Å². The number of hydrogen-bond acceptors (Lipinski definition) is 5. The zero-order valence-corrected chi connectivity index (χ0v) is 11.9. The fourth-order valence-electron chi connectivity index (χ4n) is 1.79. The van der Waals surface area contributed by atoms with Gasteiger partial charge in [0, 0.05) is 17.6 Å². The lowest BCUT2D eigenvalue weighted by atomic mass is 10.1. The summed E-state index contributed by atoms with van der Waals surface area (Å²) in [7, 11) is 1.65. The summed E-state index contributed by atoms with van der Waals surface area (Å²) in [4.78, 5) is 4.20. The van der Waals surface area contributed by atoms with Gasteiger partial charge < -0.3 is 15.2 Å². The predicted molar refractivity (Wildman–Crippen MR) is 76.8 cm³/mol. The minimum Gasteiger partial charge on any atom is -0.497 e. The second-order valence-electron chi connectivity index (χ2n) is 4.37. The summed E-state index contributed by atoms with van der Waals surface area (Å²) >= 11 is 1.58. The van der Waals surface area contributed by atoms with Crippen molar-refractivity contribution in [1.82, 2.24) is 4.98 Å². The summed E-state index contributed by atoms with van der Waals surface area (Å²) in [5, 5.41) is 2.90. The van der Waals surface area contributed by atoms with Crippen LogP contribution in [0.5, 0.6) is 11.5 Å². The summed E-state index contributed by atoms with van der Waals surface area (Å²) in [6.07, 6.45) is 2.53. The van der Waals surface area contributed by atoms with Gasteiger partial charge >= 0.3 is 0 Å². The van der Waals surface area contributed by atoms with E-state index in [2.05, 4.69) is 4.98 Å². The molecular formula is C14H18N2O2S. The maximum absolute atomic E-state index is 5.87. The van der Waals surface area contributed by atoms with E-state index >= 15 is 0 Å². The number of thiazole rings is 1. The third-order valence-corrected chi connectivity index (χ3v) is 3.40. The average Bonchev–Trinajstić information content (AvgIpc) is 2.89. The van der Waals surface area contributed by atoms with Crippen LogP contribution in [0.2, 0.25) is 0 Å². The Morgan fingerprint density at radius 2 is 2.26 bits per heavy atom. The third kappa shape index (κ3) is 3.94. The van der Waals surface area contributed by atoms with Crippen LogP contribution in [0.4, 0.5) is 0 Å². The molecule has 0 aliphatic rings. The van der Waals surface area contributed by atoms with Crippen LogP contribution in [0.3, 0.4) is 0 Å². The highest BCUT2D eigenvalue weighted by Crippen LogP contribution is 2.26. The number of nitrogens with zero attached hydrogens (tertiary/aromatic N) is 1. The van der Waals surface area contributed by atoms with Gasteiger partial charge in [-0.1, -0.05) is 0 Å². The smallest absolute Gasteiger partial charge is 0.140 e. The van der Waals surface area contributed by atoms with Crippen LogP contribution < -0.4 is 15.2 Å². The van der Waals surface area contributed by atoms with Gasteiger partial charge in [0.15, 0.2) is 0 Å². The topological polar surface area (TPSA) is 57.4 Å². The molecule has 1 atom stereocenters. The first-order chi connectivity index (χ1) is 9.19. The summed E-state index contributed by atoms with van der Waals surface area (Å²) in [5.74, 6) is 1.66. The second kappa shape index (κ2) is 6.54. The molecular weight excluding hydrogens is 260 g/mol. The Bertz CT molecular complexity index is 512. The summed E-state index contributed by atoms with van der Waals surface area (Å²) in [5.41, 5.74) is 6.93. The van der Waals surface area contributed by atoms with Crippen molar-refractivity contribution in [2.45, 2.75) is 26.0 Å². The zero-order chi connectivity index (χ0) is 13.7. The normalized spacial score (nSPS) is 12.2. The van der Waals surface area contributed by atoms with E-state index in [0.29, 0.717) is 6.61 Å². The number of aromatic nitrogens is 1. The van der Waals surface area contributed by atoms with Crippen molar-refractivity contribution in [2.75, 3.05) is 7.11 Å². The fraction of sp³-hybridized carbons (Fsp3) is 0.357. The van der Waals surface area contributed by atoms with E-state index in [1.165, 1.54) is 0 Å². The Hall–Kier alpha value is -1.59. The molecule has 1 aromatic carbocycles. The minimum absolute atomic E-state index is 0.0781. The van der Waals surface area contributed by atoms with Gasteiger partial charge in [0.2, 0.25) is 0 Å². The van der Waals surface area contributed by atoms with Gasteiger partial charge in [0.1, 0.15) is 23.1 Å². The Kier molecular flexibility index (Phi) is 4.76. The van der Waals surface area contributed by atoms with Gasteiger partial charge in [-0.2, -0.15) is 0 Å². The van der Waals surface area contributed by atoms with E-state index in [0.717, 1.165) is 28.5 Å². The molecule has 0 saturated carbocycles. The van der Waals surface area contributed by atoms with Crippen molar-refractivity contribution in [1.29, 1.82) is 0 Å². The van der Waals surface area contributed by atoms with Crippen LogP contribution in [0.25, 0.3) is 0 Å². The summed E-state index contributed by atoms with van der Waals surface area (Å²) in [6.45, 7) is 2.46. The van der Waals surface area contributed by atoms with Crippen molar-refractivity contribution in [2.24, 2.45) is 5.73 Å². The molecule has 0 spiro atoms. The van der Waals surface area contributed by atoms with Crippen molar-refractivity contribution in [3.8, 4) is 11.5 Å². The fourth-order valence-corrected chi connectivity index (χ4v) is 2.32. The Labute approximate surface area is 117 Å². The highest BCUT2D eigenvalue weighted by molar-refractivity contribution is 7.09. The summed E-state index contributed by atoms with van der Waals surface area (Å²) < 4.78 is 11.1. The predicted octanol–water partition coefficient (Wildman–Crippen LogP) is 2.62. The van der Waals surface area contributed by atoms with E-state index in [1.807, 2.05) is 30.5 Å². The Morgan fingerprint density at radius 1 is 1.42 bits per heavy atom. The molecule has 4 nitrogen and oxygen atoms in total. The summed E-state index contributed by atoms with van der Waals surface area (Å²) in [6, 6.07) is 5.86. The first-order valence-electron chi connectivity index (χ1n) is 6.12. The maximum Gasteiger partial charge on any atom is 0.140 e. The van der Waals surface area contributed by atoms with Gasteiger partial charge in [-0.3, -0.25) is 0 Å². The molecule has 0 amide bonds. The molecule has 0 saturated heterocycles. The molecule has 0 bridgehead atoms. The quantitative estimate of drug-likeness (QED) is 0.882. The molecule has 19 heavy (non-hydrogen) atoms. The molecule has 0 radical (unpaired) electrons. The van der Waals surface area contributed by atoms with E-state index in [9.17, 15) is 0 Å². The van der Waals surface area contributed by atoms with Crippen LogP contribution in [0.1, 0.15) is 17.5 Å². The molecule has 1 heterocycles. The molecule has 2 N–H and O–H groups in total. The largest absolute Gasteiger partial charge is 0.497 e. The lowest BCUT2D eigenvalue weighted by molar-refractivity contribution is 0.301. The molecule has 5 heteroatoms. The standard InChI is InChI=1S/C14H18N2O2S/c1-10(15)7-11-8-12(17-2)3-4-13(11)18-9-14-16-5-6-19-14/h3-6,8,10H,7,9,15H2,1-2H3. The van der Waals surface area contributed by atoms with Crippen molar-refractivity contribution in [3.05, 3.63) is 40.3 Å². The number of benzene rings is 1. The molecule has 1 unspecified atom stereocenters. The SMILES string of the molecule is COc1ccc(OCc2nccs2)c(CC(C)N)c1. The van der Waals surface area contributed by atoms with Crippen molar-refractivity contribution in [3.63, 3.8) is 0 Å². The lowest BCUT2D eigenvalue weighted by Crippen LogP contribution is -2.18. The number of methoxy groups -OCH3 is 1. The van der Waals surface area contributed by atoms with Crippen LogP contribution in [-0.2, 0) is 13.0 Å². The molecule has 2 rings (SSSR count). The van der Waals surface area contributed by atoms with Gasteiger partial charge in [0.05, 0.1) is 7.11 Å². The number of rotatable bonds is 6. The highest BCUT2D eigenvalue weighted by atomic mass is 32.1. The zero-order valence-electron chi connectivity index (χ0n) is 11.1. The van der Waals surface area contributed by atoms with Gasteiger partial charge in [-0.15, -0.1) is 11.3 Å². The van der Waals surface area contributed by atoms with Gasteiger partial charge in [0.25, 0.3) is 0 Å². The number of nitrogens with two attached hydrogens (primary N) is 1. The van der Waals surface area contributed by atoms with E-state index < -0.39 is 0 Å². The van der Waals surface area contributed by atoms with E-state index in [-0.39, 0.29) is 6.04 Å². The highest BCUT2D eigenvalue weighted by Gasteiger charge is 2.09.